The Bertz CT molecular complexity index is 1250. The third-order valence-corrected chi connectivity index (χ3v) is 5.99. The van der Waals surface area contributed by atoms with Crippen LogP contribution in [0, 0.1) is 5.82 Å². The fourth-order valence-electron chi connectivity index (χ4n) is 3.28. The molecule has 1 heterocycles. The summed E-state index contributed by atoms with van der Waals surface area (Å²) in [7, 11) is 2.17. The normalized spacial score (nSPS) is 12.1. The largest absolute Gasteiger partial charge is 0.377 e. The lowest BCUT2D eigenvalue weighted by atomic mass is 10.0. The molecule has 7 heteroatoms. The summed E-state index contributed by atoms with van der Waals surface area (Å²) in [5, 5.41) is 0.323. The van der Waals surface area contributed by atoms with Crippen LogP contribution in [0.3, 0.4) is 0 Å². The molecular weight excluding hydrogens is 401 g/mol. The zero-order valence-corrected chi connectivity index (χ0v) is 17.4. The molecular formula is C23H20FN3O2S. The number of aromatic nitrogens is 2. The van der Waals surface area contributed by atoms with Gasteiger partial charge in [-0.1, -0.05) is 36.4 Å². The van der Waals surface area contributed by atoms with Crippen LogP contribution in [0.15, 0.2) is 71.9 Å². The maximum absolute atomic E-state index is 13.6. The minimum absolute atomic E-state index is 0.0864. The molecule has 30 heavy (non-hydrogen) atoms. The molecule has 0 aliphatic rings. The number of carbonyl (C=O) groups is 1. The predicted molar refractivity (Wildman–Crippen MR) is 117 cm³/mol. The van der Waals surface area contributed by atoms with Gasteiger partial charge in [-0.15, -0.1) is 0 Å². The van der Waals surface area contributed by atoms with Crippen molar-refractivity contribution in [1.82, 2.24) is 9.97 Å². The molecule has 0 fully saturated rings. The molecule has 5 nitrogen and oxygen atoms in total. The molecule has 4 rings (SSSR count). The molecule has 0 saturated heterocycles. The number of nitrogens with one attached hydrogen (secondary N) is 1. The first kappa shape index (κ1) is 20.0. The van der Waals surface area contributed by atoms with Crippen LogP contribution in [0.1, 0.15) is 21.5 Å². The van der Waals surface area contributed by atoms with Gasteiger partial charge in [0.25, 0.3) is 0 Å². The van der Waals surface area contributed by atoms with Gasteiger partial charge in [0.1, 0.15) is 5.82 Å². The van der Waals surface area contributed by atoms with Crippen molar-refractivity contribution < 1.29 is 13.4 Å². The Morgan fingerprint density at radius 2 is 1.80 bits per heavy atom. The topological polar surface area (TPSA) is 66.1 Å². The summed E-state index contributed by atoms with van der Waals surface area (Å²) >= 11 is 0. The van der Waals surface area contributed by atoms with E-state index in [-0.39, 0.29) is 17.4 Å². The van der Waals surface area contributed by atoms with Gasteiger partial charge in [-0.2, -0.15) is 0 Å². The second-order valence-electron chi connectivity index (χ2n) is 7.13. The molecule has 0 aliphatic carbocycles. The average molecular weight is 421 g/mol. The third-order valence-electron chi connectivity index (χ3n) is 4.79. The maximum atomic E-state index is 13.6. The van der Waals surface area contributed by atoms with E-state index in [2.05, 4.69) is 9.97 Å². The van der Waals surface area contributed by atoms with Crippen LogP contribution < -0.4 is 4.90 Å². The summed E-state index contributed by atoms with van der Waals surface area (Å²) < 4.78 is 26.5. The first-order valence-electron chi connectivity index (χ1n) is 9.36. The van der Waals surface area contributed by atoms with Gasteiger partial charge < -0.3 is 9.88 Å². The Kier molecular flexibility index (Phi) is 5.46. The zero-order chi connectivity index (χ0) is 21.3. The van der Waals surface area contributed by atoms with Gasteiger partial charge in [0.15, 0.2) is 10.9 Å². The lowest BCUT2D eigenvalue weighted by Crippen LogP contribution is -2.13. The number of anilines is 1. The van der Waals surface area contributed by atoms with E-state index in [1.165, 1.54) is 12.1 Å². The van der Waals surface area contributed by atoms with Gasteiger partial charge in [0.2, 0.25) is 0 Å². The fraction of sp³-hybridized carbons (Fsp3) is 0.130. The van der Waals surface area contributed by atoms with Crippen molar-refractivity contribution in [2.45, 2.75) is 10.9 Å². The van der Waals surface area contributed by atoms with Crippen molar-refractivity contribution in [3.63, 3.8) is 0 Å². The molecule has 0 amide bonds. The Balaban J connectivity index is 1.61. The number of ketones is 1. The second kappa shape index (κ2) is 8.20. The van der Waals surface area contributed by atoms with Crippen LogP contribution in [0.2, 0.25) is 0 Å². The molecule has 1 aromatic heterocycles. The molecule has 3 aromatic carbocycles. The molecule has 0 spiro atoms. The number of hydrogen-bond donors (Lipinski definition) is 1. The molecule has 0 radical (unpaired) electrons. The molecule has 152 valence electrons. The average Bonchev–Trinajstić information content (AvgIpc) is 3.18. The van der Waals surface area contributed by atoms with Crippen LogP contribution in [0.5, 0.6) is 0 Å². The molecule has 1 N–H and O–H groups in total. The quantitative estimate of drug-likeness (QED) is 0.471. The number of rotatable bonds is 6. The molecule has 4 aromatic rings. The van der Waals surface area contributed by atoms with Gasteiger partial charge >= 0.3 is 0 Å². The van der Waals surface area contributed by atoms with Gasteiger partial charge in [-0.3, -0.25) is 9.00 Å². The smallest absolute Gasteiger partial charge is 0.197 e. The first-order valence-corrected chi connectivity index (χ1v) is 10.7. The van der Waals surface area contributed by atoms with E-state index in [0.717, 1.165) is 5.56 Å². The Labute approximate surface area is 176 Å². The summed E-state index contributed by atoms with van der Waals surface area (Å²) in [6, 6.07) is 18.6. The highest BCUT2D eigenvalue weighted by atomic mass is 32.2. The van der Waals surface area contributed by atoms with E-state index in [1.807, 2.05) is 32.3 Å². The third kappa shape index (κ3) is 4.02. The minimum atomic E-state index is -1.45. The highest BCUT2D eigenvalue weighted by Gasteiger charge is 2.16. The highest BCUT2D eigenvalue weighted by molar-refractivity contribution is 7.84. The van der Waals surface area contributed by atoms with Gasteiger partial charge in [-0.25, -0.2) is 9.37 Å². The molecule has 0 bridgehead atoms. The van der Waals surface area contributed by atoms with E-state index >= 15 is 0 Å². The van der Waals surface area contributed by atoms with Gasteiger partial charge in [0, 0.05) is 30.9 Å². The summed E-state index contributed by atoms with van der Waals surface area (Å²) in [4.78, 5) is 21.9. The van der Waals surface area contributed by atoms with Crippen molar-refractivity contribution in [1.29, 1.82) is 0 Å². The summed E-state index contributed by atoms with van der Waals surface area (Å²) in [6.07, 6.45) is 0. The van der Waals surface area contributed by atoms with Gasteiger partial charge in [0.05, 0.1) is 27.6 Å². The van der Waals surface area contributed by atoms with E-state index < -0.39 is 10.8 Å². The van der Waals surface area contributed by atoms with Crippen molar-refractivity contribution in [2.75, 3.05) is 19.0 Å². The monoisotopic (exact) mass is 421 g/mol. The Hall–Kier alpha value is -3.32. The van der Waals surface area contributed by atoms with Gasteiger partial charge in [-0.05, 0) is 35.9 Å². The van der Waals surface area contributed by atoms with Crippen LogP contribution in [0.4, 0.5) is 10.1 Å². The van der Waals surface area contributed by atoms with Crippen LogP contribution >= 0.6 is 0 Å². The van der Waals surface area contributed by atoms with Crippen LogP contribution in [-0.2, 0) is 16.6 Å². The van der Waals surface area contributed by atoms with E-state index in [4.69, 9.17) is 0 Å². The standard InChI is InChI=1S/C23H20FN3O2S/c1-27(2)21-13-18(24)10-8-17(21)14-30(29)23-25-19-11-9-16(12-20(19)26-23)22(28)15-6-4-3-5-7-15/h3-13H,14H2,1-2H3,(H,25,26). The number of carbonyl (C=O) groups excluding carboxylic acids is 1. The number of halogens is 1. The summed E-state index contributed by atoms with van der Waals surface area (Å²) in [5.41, 5.74) is 3.85. The number of H-pyrrole nitrogens is 1. The first-order chi connectivity index (χ1) is 14.4. The number of imidazole rings is 1. The van der Waals surface area contributed by atoms with Crippen LogP contribution in [-0.4, -0.2) is 34.1 Å². The zero-order valence-electron chi connectivity index (χ0n) is 16.6. The lowest BCUT2D eigenvalue weighted by molar-refractivity contribution is 0.103. The fourth-order valence-corrected chi connectivity index (χ4v) is 4.36. The molecule has 0 saturated carbocycles. The summed E-state index contributed by atoms with van der Waals surface area (Å²) in [5.74, 6) is -0.229. The summed E-state index contributed by atoms with van der Waals surface area (Å²) in [6.45, 7) is 0. The number of fused-ring (bicyclic) bond motifs is 1. The van der Waals surface area contributed by atoms with Crippen molar-refractivity contribution >= 4 is 33.3 Å². The molecule has 1 unspecified atom stereocenters. The van der Waals surface area contributed by atoms with E-state index in [0.29, 0.717) is 33.0 Å². The predicted octanol–water partition coefficient (Wildman–Crippen LogP) is 4.31. The van der Waals surface area contributed by atoms with Crippen molar-refractivity contribution in [2.24, 2.45) is 0 Å². The SMILES string of the molecule is CN(C)c1cc(F)ccc1CS(=O)c1nc2ccc(C(=O)c3ccccc3)cc2[nH]1. The van der Waals surface area contributed by atoms with Crippen molar-refractivity contribution in [3.8, 4) is 0 Å². The Morgan fingerprint density at radius 3 is 2.53 bits per heavy atom. The number of aromatic amines is 1. The lowest BCUT2D eigenvalue weighted by Gasteiger charge is -2.17. The maximum Gasteiger partial charge on any atom is 0.197 e. The minimum Gasteiger partial charge on any atom is -0.377 e. The van der Waals surface area contributed by atoms with Crippen LogP contribution in [0.25, 0.3) is 11.0 Å². The molecule has 1 atom stereocenters. The Morgan fingerprint density at radius 1 is 1.03 bits per heavy atom. The molecule has 0 aliphatic heterocycles. The number of hydrogen-bond acceptors (Lipinski definition) is 4. The second-order valence-corrected chi connectivity index (χ2v) is 8.49. The number of benzene rings is 3. The van der Waals surface area contributed by atoms with Crippen molar-refractivity contribution in [3.05, 3.63) is 89.2 Å². The van der Waals surface area contributed by atoms with E-state index in [1.54, 1.807) is 41.3 Å². The number of nitrogens with zero attached hydrogens (tertiary/aromatic N) is 2. The van der Waals surface area contributed by atoms with E-state index in [9.17, 15) is 13.4 Å². The highest BCUT2D eigenvalue weighted by Crippen LogP contribution is 2.24.